The lowest BCUT2D eigenvalue weighted by Gasteiger charge is -2.28. The summed E-state index contributed by atoms with van der Waals surface area (Å²) in [7, 11) is 0. The average Bonchev–Trinajstić information content (AvgIpc) is 2.53. The molecule has 1 aliphatic rings. The van der Waals surface area contributed by atoms with Crippen LogP contribution < -0.4 is 0 Å². The standard InChI is InChI=1S/C18H24O2/c1-3-15-4-6-16(7-5-15)13-20-18-10-8-17(9-11-18)14(2)12-19/h4-7,12,17-18H,2-3,8-11,13H2,1H3. The van der Waals surface area contributed by atoms with Crippen molar-refractivity contribution in [1.82, 2.24) is 0 Å². The molecule has 0 heterocycles. The van der Waals surface area contributed by atoms with E-state index >= 15 is 0 Å². The Kier molecular flexibility index (Phi) is 5.54. The fraction of sp³-hybridized carbons (Fsp3) is 0.500. The number of hydrogen-bond acceptors (Lipinski definition) is 2. The first-order valence-corrected chi connectivity index (χ1v) is 7.56. The molecule has 2 rings (SSSR count). The van der Waals surface area contributed by atoms with Gasteiger partial charge in [0.2, 0.25) is 0 Å². The molecule has 0 aromatic heterocycles. The summed E-state index contributed by atoms with van der Waals surface area (Å²) < 4.78 is 5.99. The largest absolute Gasteiger partial charge is 0.374 e. The Bertz CT molecular complexity index is 439. The number of hydrogen-bond donors (Lipinski definition) is 0. The Morgan fingerprint density at radius 3 is 2.35 bits per heavy atom. The predicted molar refractivity (Wildman–Crippen MR) is 81.6 cm³/mol. The normalized spacial score (nSPS) is 22.4. The van der Waals surface area contributed by atoms with Gasteiger partial charge in [-0.05, 0) is 54.7 Å². The molecule has 0 aliphatic heterocycles. The van der Waals surface area contributed by atoms with Crippen molar-refractivity contribution in [1.29, 1.82) is 0 Å². The van der Waals surface area contributed by atoms with Crippen molar-refractivity contribution in [2.75, 3.05) is 0 Å². The molecule has 0 saturated heterocycles. The summed E-state index contributed by atoms with van der Waals surface area (Å²) in [4.78, 5) is 10.7. The summed E-state index contributed by atoms with van der Waals surface area (Å²) in [5.74, 6) is 0.371. The van der Waals surface area contributed by atoms with Crippen molar-refractivity contribution in [2.24, 2.45) is 5.92 Å². The minimum atomic E-state index is 0.330. The second kappa shape index (κ2) is 7.39. The molecule has 0 radical (unpaired) electrons. The second-order valence-electron chi connectivity index (χ2n) is 5.65. The molecule has 108 valence electrons. The number of ether oxygens (including phenoxy) is 1. The van der Waals surface area contributed by atoms with Crippen molar-refractivity contribution >= 4 is 6.29 Å². The minimum absolute atomic E-state index is 0.330. The Morgan fingerprint density at radius 1 is 1.20 bits per heavy atom. The van der Waals surface area contributed by atoms with Gasteiger partial charge < -0.3 is 4.74 Å². The highest BCUT2D eigenvalue weighted by atomic mass is 16.5. The third-order valence-corrected chi connectivity index (χ3v) is 4.27. The van der Waals surface area contributed by atoms with Crippen LogP contribution in [-0.4, -0.2) is 12.4 Å². The lowest BCUT2D eigenvalue weighted by Crippen LogP contribution is -2.22. The Balaban J connectivity index is 1.75. The summed E-state index contributed by atoms with van der Waals surface area (Å²) in [6, 6.07) is 8.64. The van der Waals surface area contributed by atoms with Gasteiger partial charge in [0.1, 0.15) is 6.29 Å². The van der Waals surface area contributed by atoms with Gasteiger partial charge >= 0.3 is 0 Å². The third-order valence-electron chi connectivity index (χ3n) is 4.27. The molecule has 20 heavy (non-hydrogen) atoms. The Hall–Kier alpha value is -1.41. The van der Waals surface area contributed by atoms with E-state index in [1.165, 1.54) is 11.1 Å². The number of benzene rings is 1. The van der Waals surface area contributed by atoms with E-state index in [4.69, 9.17) is 4.74 Å². The van der Waals surface area contributed by atoms with E-state index in [1.54, 1.807) is 0 Å². The van der Waals surface area contributed by atoms with Crippen LogP contribution >= 0.6 is 0 Å². The first-order chi connectivity index (χ1) is 9.72. The van der Waals surface area contributed by atoms with E-state index in [9.17, 15) is 4.79 Å². The van der Waals surface area contributed by atoms with Crippen molar-refractivity contribution in [3.05, 3.63) is 47.5 Å². The molecular weight excluding hydrogens is 248 g/mol. The topological polar surface area (TPSA) is 26.3 Å². The van der Waals surface area contributed by atoms with Crippen LogP contribution in [0.25, 0.3) is 0 Å². The van der Waals surface area contributed by atoms with Gasteiger partial charge in [-0.3, -0.25) is 4.79 Å². The minimum Gasteiger partial charge on any atom is -0.374 e. The summed E-state index contributed by atoms with van der Waals surface area (Å²) in [5, 5.41) is 0. The summed E-state index contributed by atoms with van der Waals surface area (Å²) >= 11 is 0. The molecule has 1 saturated carbocycles. The second-order valence-corrected chi connectivity index (χ2v) is 5.65. The molecule has 1 aliphatic carbocycles. The highest BCUT2D eigenvalue weighted by molar-refractivity contribution is 5.72. The number of carbonyl (C=O) groups is 1. The molecular formula is C18H24O2. The summed E-state index contributed by atoms with van der Waals surface area (Å²) in [6.07, 6.45) is 6.42. The molecule has 0 atom stereocenters. The van der Waals surface area contributed by atoms with Crippen molar-refractivity contribution < 1.29 is 9.53 Å². The molecule has 1 fully saturated rings. The molecule has 2 heteroatoms. The highest BCUT2D eigenvalue weighted by Crippen LogP contribution is 2.30. The average molecular weight is 272 g/mol. The molecule has 0 bridgehead atoms. The SMILES string of the molecule is C=C(C=O)C1CCC(OCc2ccc(CC)cc2)CC1. The predicted octanol–water partition coefficient (Wildman–Crippen LogP) is 4.08. The van der Waals surface area contributed by atoms with Gasteiger partial charge in [0.05, 0.1) is 12.7 Å². The zero-order valence-electron chi connectivity index (χ0n) is 12.3. The number of rotatable bonds is 6. The van der Waals surface area contributed by atoms with Gasteiger partial charge in [0.25, 0.3) is 0 Å². The highest BCUT2D eigenvalue weighted by Gasteiger charge is 2.23. The number of aldehydes is 1. The fourth-order valence-corrected chi connectivity index (χ4v) is 2.78. The summed E-state index contributed by atoms with van der Waals surface area (Å²) in [6.45, 7) is 6.68. The van der Waals surface area contributed by atoms with Crippen LogP contribution in [0.15, 0.2) is 36.4 Å². The van der Waals surface area contributed by atoms with Crippen molar-refractivity contribution in [3.63, 3.8) is 0 Å². The molecule has 1 aromatic carbocycles. The monoisotopic (exact) mass is 272 g/mol. The molecule has 0 unspecified atom stereocenters. The van der Waals surface area contributed by atoms with E-state index in [0.717, 1.165) is 44.0 Å². The lowest BCUT2D eigenvalue weighted by atomic mass is 9.83. The van der Waals surface area contributed by atoms with E-state index in [2.05, 4.69) is 37.8 Å². The molecule has 0 N–H and O–H groups in total. The maximum atomic E-state index is 10.7. The Labute approximate surface area is 121 Å². The first-order valence-electron chi connectivity index (χ1n) is 7.56. The van der Waals surface area contributed by atoms with E-state index in [0.29, 0.717) is 18.6 Å². The third kappa shape index (κ3) is 4.04. The fourth-order valence-electron chi connectivity index (χ4n) is 2.78. The van der Waals surface area contributed by atoms with Crippen LogP contribution in [0.3, 0.4) is 0 Å². The van der Waals surface area contributed by atoms with Crippen molar-refractivity contribution in [2.45, 2.75) is 51.7 Å². The quantitative estimate of drug-likeness (QED) is 0.576. The van der Waals surface area contributed by atoms with E-state index in [1.807, 2.05) is 0 Å². The summed E-state index contributed by atoms with van der Waals surface area (Å²) in [5.41, 5.74) is 3.35. The van der Waals surface area contributed by atoms with Gasteiger partial charge in [-0.25, -0.2) is 0 Å². The van der Waals surface area contributed by atoms with Gasteiger partial charge in [0.15, 0.2) is 0 Å². The van der Waals surface area contributed by atoms with Crippen LogP contribution in [-0.2, 0) is 22.6 Å². The van der Waals surface area contributed by atoms with E-state index < -0.39 is 0 Å². The maximum absolute atomic E-state index is 10.7. The van der Waals surface area contributed by atoms with Crippen LogP contribution in [0.2, 0.25) is 0 Å². The zero-order valence-corrected chi connectivity index (χ0v) is 12.3. The van der Waals surface area contributed by atoms with Crippen LogP contribution in [0.1, 0.15) is 43.7 Å². The van der Waals surface area contributed by atoms with Crippen LogP contribution in [0.5, 0.6) is 0 Å². The molecule has 0 amide bonds. The molecule has 0 spiro atoms. The van der Waals surface area contributed by atoms with Gasteiger partial charge in [-0.2, -0.15) is 0 Å². The molecule has 2 nitrogen and oxygen atoms in total. The number of allylic oxidation sites excluding steroid dienone is 1. The smallest absolute Gasteiger partial charge is 0.145 e. The van der Waals surface area contributed by atoms with Gasteiger partial charge in [0, 0.05) is 0 Å². The van der Waals surface area contributed by atoms with E-state index in [-0.39, 0.29) is 0 Å². The van der Waals surface area contributed by atoms with Crippen LogP contribution in [0.4, 0.5) is 0 Å². The number of aryl methyl sites for hydroxylation is 1. The van der Waals surface area contributed by atoms with Gasteiger partial charge in [-0.15, -0.1) is 0 Å². The first kappa shape index (κ1) is 15.0. The lowest BCUT2D eigenvalue weighted by molar-refractivity contribution is -0.105. The van der Waals surface area contributed by atoms with Gasteiger partial charge in [-0.1, -0.05) is 37.8 Å². The molecule has 1 aromatic rings. The van der Waals surface area contributed by atoms with Crippen LogP contribution in [0, 0.1) is 5.92 Å². The Morgan fingerprint density at radius 2 is 1.80 bits per heavy atom. The zero-order chi connectivity index (χ0) is 14.4. The number of carbonyl (C=O) groups excluding carboxylic acids is 1. The van der Waals surface area contributed by atoms with Crippen molar-refractivity contribution in [3.8, 4) is 0 Å². The maximum Gasteiger partial charge on any atom is 0.145 e.